The number of fused-ring (bicyclic) bond motifs is 1. The number of ether oxygens (including phenoxy) is 1. The highest BCUT2D eigenvalue weighted by Crippen LogP contribution is 2.30. The summed E-state index contributed by atoms with van der Waals surface area (Å²) < 4.78 is 82.0. The highest BCUT2D eigenvalue weighted by Gasteiger charge is 2.39. The fourth-order valence-corrected chi connectivity index (χ4v) is 5.25. The number of hydrogen-bond acceptors (Lipinski definition) is 4. The van der Waals surface area contributed by atoms with Gasteiger partial charge in [0.1, 0.15) is 17.6 Å². The lowest BCUT2D eigenvalue weighted by molar-refractivity contribution is -0.274. The number of anilines is 1. The number of sulfonamides is 1. The second-order valence-corrected chi connectivity index (χ2v) is 9.44. The van der Waals surface area contributed by atoms with Crippen LogP contribution in [-0.2, 0) is 27.8 Å². The molecule has 0 aromatic heterocycles. The summed E-state index contributed by atoms with van der Waals surface area (Å²) in [7, 11) is -4.17. The van der Waals surface area contributed by atoms with Gasteiger partial charge in [0.2, 0.25) is 15.9 Å². The van der Waals surface area contributed by atoms with Gasteiger partial charge in [-0.1, -0.05) is 24.3 Å². The number of nitrogens with one attached hydrogen (secondary N) is 1. The number of nitrogens with zero attached hydrogens (tertiary/aromatic N) is 1. The van der Waals surface area contributed by atoms with Crippen molar-refractivity contribution >= 4 is 21.6 Å². The zero-order valence-corrected chi connectivity index (χ0v) is 18.2. The molecule has 0 saturated carbocycles. The van der Waals surface area contributed by atoms with Gasteiger partial charge in [-0.3, -0.25) is 4.79 Å². The molecular formula is C23H18F4N2O4S. The van der Waals surface area contributed by atoms with E-state index in [4.69, 9.17) is 0 Å². The number of alkyl halides is 3. The van der Waals surface area contributed by atoms with Crippen molar-refractivity contribution in [2.75, 3.05) is 5.32 Å². The second kappa shape index (κ2) is 9.07. The molecule has 0 fully saturated rings. The molecule has 0 radical (unpaired) electrons. The quantitative estimate of drug-likeness (QED) is 0.531. The standard InChI is InChI=1S/C23H18F4N2O4S/c24-17-5-11-20(12-6-17)34(31,32)29-14-16-4-2-1-3-15(16)13-21(29)22(30)28-18-7-9-19(10-8-18)33-23(25,26)27/h1-12,21H,13-14H2,(H,28,30). The van der Waals surface area contributed by atoms with Gasteiger partial charge in [0.05, 0.1) is 4.90 Å². The van der Waals surface area contributed by atoms with Gasteiger partial charge in [-0.15, -0.1) is 13.2 Å². The summed E-state index contributed by atoms with van der Waals surface area (Å²) in [5.74, 6) is -1.72. The predicted octanol–water partition coefficient (Wildman–Crippen LogP) is 4.48. The molecule has 34 heavy (non-hydrogen) atoms. The molecular weight excluding hydrogens is 476 g/mol. The molecule has 11 heteroatoms. The van der Waals surface area contributed by atoms with Crippen molar-refractivity contribution in [2.45, 2.75) is 30.3 Å². The lowest BCUT2D eigenvalue weighted by atomic mass is 9.95. The lowest BCUT2D eigenvalue weighted by Gasteiger charge is -2.35. The SMILES string of the molecule is O=C(Nc1ccc(OC(F)(F)F)cc1)C1Cc2ccccc2CN1S(=O)(=O)c1ccc(F)cc1. The summed E-state index contributed by atoms with van der Waals surface area (Å²) in [6.45, 7) is -0.0771. The van der Waals surface area contributed by atoms with Crippen molar-refractivity contribution in [3.63, 3.8) is 0 Å². The van der Waals surface area contributed by atoms with Crippen LogP contribution in [0.2, 0.25) is 0 Å². The number of halogens is 4. The molecule has 178 valence electrons. The van der Waals surface area contributed by atoms with E-state index in [1.165, 1.54) is 12.1 Å². The second-order valence-electron chi connectivity index (χ2n) is 7.55. The number of carbonyl (C=O) groups excluding carboxylic acids is 1. The summed E-state index contributed by atoms with van der Waals surface area (Å²) in [5, 5.41) is 2.55. The fourth-order valence-electron chi connectivity index (χ4n) is 3.68. The van der Waals surface area contributed by atoms with Crippen molar-refractivity contribution in [3.8, 4) is 5.75 Å². The highest BCUT2D eigenvalue weighted by atomic mass is 32.2. The average molecular weight is 494 g/mol. The molecule has 0 saturated heterocycles. The van der Waals surface area contributed by atoms with E-state index in [-0.39, 0.29) is 23.5 Å². The Balaban J connectivity index is 1.62. The third kappa shape index (κ3) is 5.20. The number of amides is 1. The van der Waals surface area contributed by atoms with Crippen LogP contribution < -0.4 is 10.1 Å². The first-order valence-corrected chi connectivity index (χ1v) is 11.5. The summed E-state index contributed by atoms with van der Waals surface area (Å²) in [4.78, 5) is 13.0. The average Bonchev–Trinajstić information content (AvgIpc) is 2.79. The maximum absolute atomic E-state index is 13.4. The van der Waals surface area contributed by atoms with Crippen LogP contribution in [0, 0.1) is 5.82 Å². The maximum Gasteiger partial charge on any atom is 0.573 e. The van der Waals surface area contributed by atoms with Crippen LogP contribution in [0.3, 0.4) is 0 Å². The summed E-state index contributed by atoms with van der Waals surface area (Å²) in [6.07, 6.45) is -4.77. The Labute approximate surface area is 192 Å². The van der Waals surface area contributed by atoms with Gasteiger partial charge in [-0.05, 0) is 66.1 Å². The van der Waals surface area contributed by atoms with Gasteiger partial charge < -0.3 is 10.1 Å². The molecule has 0 spiro atoms. The van der Waals surface area contributed by atoms with Crippen LogP contribution in [-0.4, -0.2) is 31.0 Å². The van der Waals surface area contributed by atoms with Gasteiger partial charge in [0.15, 0.2) is 0 Å². The minimum absolute atomic E-state index is 0.0771. The van der Waals surface area contributed by atoms with E-state index in [0.29, 0.717) is 0 Å². The summed E-state index contributed by atoms with van der Waals surface area (Å²) in [6, 6.07) is 14.7. The summed E-state index contributed by atoms with van der Waals surface area (Å²) in [5.41, 5.74) is 1.69. The molecule has 4 rings (SSSR count). The van der Waals surface area contributed by atoms with Crippen molar-refractivity contribution in [2.24, 2.45) is 0 Å². The molecule has 0 aliphatic carbocycles. The van der Waals surface area contributed by atoms with Gasteiger partial charge >= 0.3 is 6.36 Å². The molecule has 1 amide bonds. The van der Waals surface area contributed by atoms with Crippen molar-refractivity contribution in [1.29, 1.82) is 0 Å². The fraction of sp³-hybridized carbons (Fsp3) is 0.174. The Morgan fingerprint density at radius 3 is 2.18 bits per heavy atom. The maximum atomic E-state index is 13.4. The third-order valence-electron chi connectivity index (χ3n) is 5.28. The lowest BCUT2D eigenvalue weighted by Crippen LogP contribution is -2.50. The van der Waals surface area contributed by atoms with E-state index in [1.54, 1.807) is 24.3 Å². The smallest absolute Gasteiger partial charge is 0.406 e. The molecule has 6 nitrogen and oxygen atoms in total. The van der Waals surface area contributed by atoms with Crippen molar-refractivity contribution < 1.29 is 35.5 Å². The topological polar surface area (TPSA) is 75.7 Å². The van der Waals surface area contributed by atoms with E-state index < -0.39 is 39.9 Å². The van der Waals surface area contributed by atoms with Gasteiger partial charge in [-0.25, -0.2) is 12.8 Å². The van der Waals surface area contributed by atoms with Gasteiger partial charge in [0, 0.05) is 12.2 Å². The number of rotatable bonds is 5. The molecule has 3 aromatic carbocycles. The molecule has 1 atom stereocenters. The largest absolute Gasteiger partial charge is 0.573 e. The number of hydrogen-bond donors (Lipinski definition) is 1. The Morgan fingerprint density at radius 2 is 1.56 bits per heavy atom. The van der Waals surface area contributed by atoms with Crippen molar-refractivity contribution in [1.82, 2.24) is 4.31 Å². The first kappa shape index (κ1) is 23.7. The molecule has 1 N–H and O–H groups in total. The molecule has 0 bridgehead atoms. The first-order valence-electron chi connectivity index (χ1n) is 10.0. The number of carbonyl (C=O) groups is 1. The Morgan fingerprint density at radius 1 is 0.941 bits per heavy atom. The molecule has 3 aromatic rings. The van der Waals surface area contributed by atoms with E-state index >= 15 is 0 Å². The van der Waals surface area contributed by atoms with Crippen LogP contribution in [0.25, 0.3) is 0 Å². The van der Waals surface area contributed by atoms with Crippen LogP contribution in [0.5, 0.6) is 5.75 Å². The molecule has 1 heterocycles. The van der Waals surface area contributed by atoms with Gasteiger partial charge in [0.25, 0.3) is 0 Å². The summed E-state index contributed by atoms with van der Waals surface area (Å²) >= 11 is 0. The molecule has 1 unspecified atom stereocenters. The van der Waals surface area contributed by atoms with E-state index in [0.717, 1.165) is 51.8 Å². The monoisotopic (exact) mass is 494 g/mol. The van der Waals surface area contributed by atoms with E-state index in [9.17, 15) is 30.8 Å². The van der Waals surface area contributed by atoms with Gasteiger partial charge in [-0.2, -0.15) is 4.31 Å². The number of benzene rings is 3. The van der Waals surface area contributed by atoms with Crippen LogP contribution >= 0.6 is 0 Å². The predicted molar refractivity (Wildman–Crippen MR) is 115 cm³/mol. The van der Waals surface area contributed by atoms with Crippen LogP contribution in [0.1, 0.15) is 11.1 Å². The minimum Gasteiger partial charge on any atom is -0.406 e. The zero-order chi connectivity index (χ0) is 24.5. The first-order chi connectivity index (χ1) is 16.0. The van der Waals surface area contributed by atoms with E-state index in [2.05, 4.69) is 10.1 Å². The normalized spacial score (nSPS) is 16.5. The van der Waals surface area contributed by atoms with E-state index in [1.807, 2.05) is 0 Å². The molecule has 1 aliphatic rings. The van der Waals surface area contributed by atoms with Crippen molar-refractivity contribution in [3.05, 3.63) is 89.7 Å². The zero-order valence-electron chi connectivity index (χ0n) is 17.4. The highest BCUT2D eigenvalue weighted by molar-refractivity contribution is 7.89. The Hall–Kier alpha value is -3.44. The van der Waals surface area contributed by atoms with Crippen LogP contribution in [0.4, 0.5) is 23.2 Å². The Bertz CT molecular complexity index is 1290. The third-order valence-corrected chi connectivity index (χ3v) is 7.15. The minimum atomic E-state index is -4.85. The Kier molecular flexibility index (Phi) is 6.32. The molecule has 1 aliphatic heterocycles. The van der Waals surface area contributed by atoms with Crippen LogP contribution in [0.15, 0.2) is 77.7 Å².